The minimum atomic E-state index is -0.315. The lowest BCUT2D eigenvalue weighted by molar-refractivity contribution is 0.0948. The Hall–Kier alpha value is -3.32. The highest BCUT2D eigenvalue weighted by Crippen LogP contribution is 2.24. The molecule has 7 nitrogen and oxygen atoms in total. The van der Waals surface area contributed by atoms with E-state index in [1.165, 1.54) is 0 Å². The summed E-state index contributed by atoms with van der Waals surface area (Å²) in [4.78, 5) is 16.6. The molecule has 3 rings (SSSR count). The highest BCUT2D eigenvalue weighted by molar-refractivity contribution is 5.98. The molecule has 1 amide bonds. The number of benzene rings is 1. The van der Waals surface area contributed by atoms with Crippen LogP contribution in [0.5, 0.6) is 5.75 Å². The number of allylic oxidation sites excluding steroid dienone is 1. The number of nitrogens with one attached hydrogen (secondary N) is 1. The molecule has 1 aromatic carbocycles. The van der Waals surface area contributed by atoms with E-state index in [1.807, 2.05) is 43.3 Å². The highest BCUT2D eigenvalue weighted by atomic mass is 16.5. The van der Waals surface area contributed by atoms with E-state index < -0.39 is 0 Å². The molecule has 0 spiro atoms. The number of hydrogen-bond acceptors (Lipinski definition) is 6. The predicted molar refractivity (Wildman–Crippen MR) is 107 cm³/mol. The molecule has 0 radical (unpaired) electrons. The number of rotatable bonds is 8. The number of nitrogens with two attached hydrogens (primary N) is 1. The molecule has 146 valence electrons. The molecule has 0 saturated heterocycles. The SMILES string of the molecule is CC=CCOc1ccc2cc(CNC(=O)c3ccc(COC)nc3N)oc2c1. The molecule has 28 heavy (non-hydrogen) atoms. The van der Waals surface area contributed by atoms with Crippen LogP contribution in [0.4, 0.5) is 5.82 Å². The average molecular weight is 381 g/mol. The fourth-order valence-electron chi connectivity index (χ4n) is 2.68. The quantitative estimate of drug-likeness (QED) is 0.580. The lowest BCUT2D eigenvalue weighted by atomic mass is 10.2. The minimum Gasteiger partial charge on any atom is -0.489 e. The fraction of sp³-hybridized carbons (Fsp3) is 0.238. The van der Waals surface area contributed by atoms with E-state index in [0.29, 0.717) is 35.8 Å². The summed E-state index contributed by atoms with van der Waals surface area (Å²) in [5.74, 6) is 1.21. The number of carbonyl (C=O) groups excluding carboxylic acids is 1. The summed E-state index contributed by atoms with van der Waals surface area (Å²) >= 11 is 0. The standard InChI is InChI=1S/C21H23N3O4/c1-3-4-9-27-16-7-5-14-10-17(28-19(14)11-16)12-23-21(25)18-8-6-15(13-26-2)24-20(18)22/h3-8,10-11H,9,12-13H2,1-2H3,(H2,22,24)(H,23,25). The Kier molecular flexibility index (Phi) is 6.29. The third-order valence-corrected chi connectivity index (χ3v) is 4.07. The van der Waals surface area contributed by atoms with Crippen molar-refractivity contribution >= 4 is 22.7 Å². The Bertz CT molecular complexity index is 994. The maximum atomic E-state index is 12.4. The van der Waals surface area contributed by atoms with Crippen LogP contribution >= 0.6 is 0 Å². The topological polar surface area (TPSA) is 99.6 Å². The van der Waals surface area contributed by atoms with Gasteiger partial charge in [-0.3, -0.25) is 4.79 Å². The number of anilines is 1. The van der Waals surface area contributed by atoms with E-state index in [2.05, 4.69) is 10.3 Å². The van der Waals surface area contributed by atoms with Crippen LogP contribution in [0, 0.1) is 0 Å². The summed E-state index contributed by atoms with van der Waals surface area (Å²) < 4.78 is 16.4. The first kappa shape index (κ1) is 19.4. The molecule has 0 atom stereocenters. The molecule has 3 N–H and O–H groups in total. The van der Waals surface area contributed by atoms with Gasteiger partial charge in [-0.2, -0.15) is 0 Å². The molecular weight excluding hydrogens is 358 g/mol. The first-order valence-corrected chi connectivity index (χ1v) is 8.89. The van der Waals surface area contributed by atoms with Crippen molar-refractivity contribution in [3.05, 3.63) is 65.6 Å². The summed E-state index contributed by atoms with van der Waals surface area (Å²) in [5.41, 5.74) is 7.56. The van der Waals surface area contributed by atoms with Gasteiger partial charge >= 0.3 is 0 Å². The number of methoxy groups -OCH3 is 1. The predicted octanol–water partition coefficient (Wildman–Crippen LogP) is 3.44. The molecular formula is C21H23N3O4. The summed E-state index contributed by atoms with van der Waals surface area (Å²) in [5, 5.41) is 3.74. The third kappa shape index (κ3) is 4.69. The zero-order valence-electron chi connectivity index (χ0n) is 15.9. The van der Waals surface area contributed by atoms with Gasteiger partial charge in [0, 0.05) is 18.6 Å². The van der Waals surface area contributed by atoms with Crippen LogP contribution in [-0.2, 0) is 17.9 Å². The molecule has 0 saturated carbocycles. The Morgan fingerprint density at radius 2 is 2.14 bits per heavy atom. The number of carbonyl (C=O) groups is 1. The second-order valence-corrected chi connectivity index (χ2v) is 6.14. The second-order valence-electron chi connectivity index (χ2n) is 6.14. The largest absolute Gasteiger partial charge is 0.489 e. The molecule has 0 unspecified atom stereocenters. The van der Waals surface area contributed by atoms with Gasteiger partial charge in [0.05, 0.1) is 24.4 Å². The van der Waals surface area contributed by atoms with Gasteiger partial charge in [0.15, 0.2) is 0 Å². The van der Waals surface area contributed by atoms with Crippen LogP contribution in [-0.4, -0.2) is 24.6 Å². The number of fused-ring (bicyclic) bond motifs is 1. The number of pyridine rings is 1. The van der Waals surface area contributed by atoms with Gasteiger partial charge < -0.3 is 24.9 Å². The summed E-state index contributed by atoms with van der Waals surface area (Å²) in [6.07, 6.45) is 3.86. The monoisotopic (exact) mass is 381 g/mol. The number of furan rings is 1. The molecule has 0 bridgehead atoms. The Morgan fingerprint density at radius 3 is 2.89 bits per heavy atom. The fourth-order valence-corrected chi connectivity index (χ4v) is 2.68. The normalized spacial score (nSPS) is 11.2. The van der Waals surface area contributed by atoms with Crippen molar-refractivity contribution in [2.24, 2.45) is 0 Å². The first-order chi connectivity index (χ1) is 13.6. The van der Waals surface area contributed by atoms with Crippen molar-refractivity contribution in [2.75, 3.05) is 19.5 Å². The summed E-state index contributed by atoms with van der Waals surface area (Å²) in [6.45, 7) is 3.02. The van der Waals surface area contributed by atoms with Gasteiger partial charge in [-0.1, -0.05) is 12.2 Å². The van der Waals surface area contributed by atoms with Crippen molar-refractivity contribution in [1.29, 1.82) is 0 Å². The molecule has 0 aliphatic rings. The van der Waals surface area contributed by atoms with Crippen molar-refractivity contribution in [1.82, 2.24) is 10.3 Å². The maximum Gasteiger partial charge on any atom is 0.255 e. The number of nitrogen functional groups attached to an aromatic ring is 1. The smallest absolute Gasteiger partial charge is 0.255 e. The zero-order valence-corrected chi connectivity index (χ0v) is 15.9. The summed E-state index contributed by atoms with van der Waals surface area (Å²) in [6, 6.07) is 10.9. The molecule has 2 heterocycles. The molecule has 0 aliphatic carbocycles. The minimum absolute atomic E-state index is 0.166. The molecule has 2 aromatic heterocycles. The summed E-state index contributed by atoms with van der Waals surface area (Å²) in [7, 11) is 1.57. The number of amides is 1. The van der Waals surface area contributed by atoms with Crippen LogP contribution in [0.1, 0.15) is 28.7 Å². The zero-order chi connectivity index (χ0) is 19.9. The van der Waals surface area contributed by atoms with Crippen molar-refractivity contribution in [3.8, 4) is 5.75 Å². The van der Waals surface area contributed by atoms with Crippen LogP contribution < -0.4 is 15.8 Å². The van der Waals surface area contributed by atoms with Gasteiger partial charge in [0.25, 0.3) is 5.91 Å². The Labute approximate surface area is 163 Å². The van der Waals surface area contributed by atoms with Crippen molar-refractivity contribution in [2.45, 2.75) is 20.1 Å². The van der Waals surface area contributed by atoms with Crippen LogP contribution in [0.25, 0.3) is 11.0 Å². The third-order valence-electron chi connectivity index (χ3n) is 4.07. The lowest BCUT2D eigenvalue weighted by Gasteiger charge is -2.07. The number of aromatic nitrogens is 1. The van der Waals surface area contributed by atoms with Crippen LogP contribution in [0.3, 0.4) is 0 Å². The van der Waals surface area contributed by atoms with Crippen LogP contribution in [0.15, 0.2) is 53.0 Å². The van der Waals surface area contributed by atoms with E-state index in [1.54, 1.807) is 19.2 Å². The number of hydrogen-bond donors (Lipinski definition) is 2. The van der Waals surface area contributed by atoms with Crippen molar-refractivity contribution < 1.29 is 18.7 Å². The van der Waals surface area contributed by atoms with E-state index in [9.17, 15) is 4.79 Å². The van der Waals surface area contributed by atoms with E-state index in [0.717, 1.165) is 11.1 Å². The van der Waals surface area contributed by atoms with Gasteiger partial charge in [-0.25, -0.2) is 4.98 Å². The number of ether oxygens (including phenoxy) is 2. The van der Waals surface area contributed by atoms with Gasteiger partial charge in [0.1, 0.15) is 29.5 Å². The molecule has 3 aromatic rings. The average Bonchev–Trinajstić information content (AvgIpc) is 3.09. The molecule has 0 aliphatic heterocycles. The number of nitrogens with zero attached hydrogens (tertiary/aromatic N) is 1. The lowest BCUT2D eigenvalue weighted by Crippen LogP contribution is -2.24. The van der Waals surface area contributed by atoms with Gasteiger partial charge in [0.2, 0.25) is 0 Å². The maximum absolute atomic E-state index is 12.4. The molecule has 7 heteroatoms. The molecule has 0 fully saturated rings. The van der Waals surface area contributed by atoms with Crippen molar-refractivity contribution in [3.63, 3.8) is 0 Å². The van der Waals surface area contributed by atoms with Gasteiger partial charge in [-0.15, -0.1) is 0 Å². The Balaban J connectivity index is 1.65. The second kappa shape index (κ2) is 9.05. The van der Waals surface area contributed by atoms with Crippen LogP contribution in [0.2, 0.25) is 0 Å². The Morgan fingerprint density at radius 1 is 1.29 bits per heavy atom. The first-order valence-electron chi connectivity index (χ1n) is 8.89. The van der Waals surface area contributed by atoms with E-state index in [4.69, 9.17) is 19.6 Å². The van der Waals surface area contributed by atoms with E-state index >= 15 is 0 Å². The highest BCUT2D eigenvalue weighted by Gasteiger charge is 2.13. The van der Waals surface area contributed by atoms with Gasteiger partial charge in [-0.05, 0) is 37.3 Å². The van der Waals surface area contributed by atoms with E-state index in [-0.39, 0.29) is 18.3 Å².